The van der Waals surface area contributed by atoms with Gasteiger partial charge in [-0.2, -0.15) is 0 Å². The van der Waals surface area contributed by atoms with Crippen LogP contribution in [0, 0.1) is 11.7 Å². The Balaban J connectivity index is 1.83. The summed E-state index contributed by atoms with van der Waals surface area (Å²) in [5, 5.41) is 9.17. The summed E-state index contributed by atoms with van der Waals surface area (Å²) < 4.78 is 13.3. The molecule has 4 heteroatoms. The molecule has 1 fully saturated rings. The number of benzene rings is 1. The van der Waals surface area contributed by atoms with Crippen molar-refractivity contribution >= 4 is 0 Å². The Morgan fingerprint density at radius 3 is 2.37 bits per heavy atom. The summed E-state index contributed by atoms with van der Waals surface area (Å²) in [5.41, 5.74) is 0.924. The maximum absolute atomic E-state index is 13.3. The molecule has 106 valence electrons. The van der Waals surface area contributed by atoms with E-state index in [0.717, 1.165) is 44.8 Å². The van der Waals surface area contributed by atoms with Gasteiger partial charge >= 0.3 is 0 Å². The van der Waals surface area contributed by atoms with Crippen molar-refractivity contribution < 1.29 is 9.50 Å². The third kappa shape index (κ3) is 4.18. The van der Waals surface area contributed by atoms with Crippen LogP contribution in [0.1, 0.15) is 19.4 Å². The molecule has 0 bridgehead atoms. The molecule has 1 aliphatic heterocycles. The molecule has 2 rings (SSSR count). The molecule has 1 N–H and O–H groups in total. The van der Waals surface area contributed by atoms with Crippen molar-refractivity contribution in [3.63, 3.8) is 0 Å². The SMILES string of the molecule is CC(C)CN1CCN(Cc2ccc(O)c(F)c2)CC1. The fourth-order valence-electron chi connectivity index (χ4n) is 2.55. The van der Waals surface area contributed by atoms with Gasteiger partial charge in [-0.25, -0.2) is 4.39 Å². The normalized spacial score (nSPS) is 18.1. The van der Waals surface area contributed by atoms with Crippen molar-refractivity contribution in [1.29, 1.82) is 0 Å². The highest BCUT2D eigenvalue weighted by atomic mass is 19.1. The standard InChI is InChI=1S/C15H23FN2O/c1-12(2)10-17-5-7-18(8-6-17)11-13-3-4-15(19)14(16)9-13/h3-4,9,12,19H,5-8,10-11H2,1-2H3. The molecule has 1 aliphatic rings. The monoisotopic (exact) mass is 266 g/mol. The van der Waals surface area contributed by atoms with E-state index in [4.69, 9.17) is 0 Å². The first-order valence-electron chi connectivity index (χ1n) is 6.96. The number of phenolic OH excluding ortho intramolecular Hbond substituents is 1. The molecule has 0 radical (unpaired) electrons. The zero-order chi connectivity index (χ0) is 13.8. The number of halogens is 1. The van der Waals surface area contributed by atoms with Crippen LogP contribution < -0.4 is 0 Å². The topological polar surface area (TPSA) is 26.7 Å². The van der Waals surface area contributed by atoms with Gasteiger partial charge in [-0.3, -0.25) is 4.90 Å². The molecule has 0 aromatic heterocycles. The van der Waals surface area contributed by atoms with E-state index in [9.17, 15) is 9.50 Å². The number of hydrogen-bond donors (Lipinski definition) is 1. The molecule has 0 amide bonds. The molecule has 0 saturated carbocycles. The van der Waals surface area contributed by atoms with E-state index in [1.165, 1.54) is 12.1 Å². The molecule has 1 saturated heterocycles. The second-order valence-corrected chi connectivity index (χ2v) is 5.76. The van der Waals surface area contributed by atoms with E-state index in [1.807, 2.05) is 0 Å². The highest BCUT2D eigenvalue weighted by Gasteiger charge is 2.17. The molecule has 19 heavy (non-hydrogen) atoms. The minimum atomic E-state index is -0.532. The van der Waals surface area contributed by atoms with Crippen LogP contribution in [0.3, 0.4) is 0 Å². The summed E-state index contributed by atoms with van der Waals surface area (Å²) in [4.78, 5) is 4.82. The highest BCUT2D eigenvalue weighted by Crippen LogP contribution is 2.18. The summed E-state index contributed by atoms with van der Waals surface area (Å²) in [5.74, 6) is -0.0980. The number of hydrogen-bond acceptors (Lipinski definition) is 3. The van der Waals surface area contributed by atoms with Gasteiger partial charge in [0.1, 0.15) is 0 Å². The van der Waals surface area contributed by atoms with Gasteiger partial charge < -0.3 is 10.0 Å². The predicted molar refractivity (Wildman–Crippen MR) is 74.6 cm³/mol. The van der Waals surface area contributed by atoms with Gasteiger partial charge in [-0.05, 0) is 23.6 Å². The first kappa shape index (κ1) is 14.3. The molecular weight excluding hydrogens is 243 g/mol. The van der Waals surface area contributed by atoms with Crippen LogP contribution in [-0.4, -0.2) is 47.6 Å². The molecule has 1 aromatic rings. The molecular formula is C15H23FN2O. The van der Waals surface area contributed by atoms with Gasteiger partial charge in [0.25, 0.3) is 0 Å². The average molecular weight is 266 g/mol. The number of piperazine rings is 1. The second-order valence-electron chi connectivity index (χ2n) is 5.76. The highest BCUT2D eigenvalue weighted by molar-refractivity contribution is 5.27. The minimum absolute atomic E-state index is 0.273. The van der Waals surface area contributed by atoms with Crippen LogP contribution in [0.2, 0.25) is 0 Å². The third-order valence-corrected chi connectivity index (χ3v) is 3.51. The van der Waals surface area contributed by atoms with Gasteiger partial charge in [-0.1, -0.05) is 19.9 Å². The van der Waals surface area contributed by atoms with Crippen molar-refractivity contribution in [2.45, 2.75) is 20.4 Å². The summed E-state index contributed by atoms with van der Waals surface area (Å²) in [6, 6.07) is 4.65. The molecule has 0 unspecified atom stereocenters. The van der Waals surface area contributed by atoms with Crippen LogP contribution in [-0.2, 0) is 6.54 Å². The maximum Gasteiger partial charge on any atom is 0.165 e. The lowest BCUT2D eigenvalue weighted by Gasteiger charge is -2.35. The maximum atomic E-state index is 13.3. The fourth-order valence-corrected chi connectivity index (χ4v) is 2.55. The van der Waals surface area contributed by atoms with Crippen molar-refractivity contribution in [3.8, 4) is 5.75 Å². The van der Waals surface area contributed by atoms with E-state index in [1.54, 1.807) is 6.07 Å². The molecule has 1 heterocycles. The Bertz CT molecular complexity index is 415. The Kier molecular flexibility index (Phi) is 4.77. The van der Waals surface area contributed by atoms with Gasteiger partial charge in [0.15, 0.2) is 11.6 Å². The Hall–Kier alpha value is -1.13. The smallest absolute Gasteiger partial charge is 0.165 e. The Labute approximate surface area is 114 Å². The van der Waals surface area contributed by atoms with Crippen LogP contribution in [0.4, 0.5) is 4.39 Å². The van der Waals surface area contributed by atoms with Crippen molar-refractivity contribution in [1.82, 2.24) is 9.80 Å². The summed E-state index contributed by atoms with van der Waals surface area (Å²) >= 11 is 0. The van der Waals surface area contributed by atoms with E-state index >= 15 is 0 Å². The van der Waals surface area contributed by atoms with Crippen LogP contribution >= 0.6 is 0 Å². The summed E-state index contributed by atoms with van der Waals surface area (Å²) in [6.07, 6.45) is 0. The predicted octanol–water partition coefficient (Wildman–Crippen LogP) is 2.30. The van der Waals surface area contributed by atoms with Gasteiger partial charge in [0.2, 0.25) is 0 Å². The molecule has 0 atom stereocenters. The minimum Gasteiger partial charge on any atom is -0.505 e. The lowest BCUT2D eigenvalue weighted by Crippen LogP contribution is -2.46. The van der Waals surface area contributed by atoms with Crippen LogP contribution in [0.15, 0.2) is 18.2 Å². The van der Waals surface area contributed by atoms with Gasteiger partial charge in [0, 0.05) is 39.3 Å². The second kappa shape index (κ2) is 6.35. The van der Waals surface area contributed by atoms with E-state index < -0.39 is 5.82 Å². The van der Waals surface area contributed by atoms with Gasteiger partial charge in [-0.15, -0.1) is 0 Å². The molecule has 0 aliphatic carbocycles. The largest absolute Gasteiger partial charge is 0.505 e. The summed E-state index contributed by atoms with van der Waals surface area (Å²) in [6.45, 7) is 10.6. The molecule has 3 nitrogen and oxygen atoms in total. The van der Waals surface area contributed by atoms with Gasteiger partial charge in [0.05, 0.1) is 0 Å². The lowest BCUT2D eigenvalue weighted by molar-refractivity contribution is 0.117. The number of nitrogens with zero attached hydrogens (tertiary/aromatic N) is 2. The third-order valence-electron chi connectivity index (χ3n) is 3.51. The van der Waals surface area contributed by atoms with Crippen LogP contribution in [0.25, 0.3) is 0 Å². The number of phenols is 1. The first-order valence-corrected chi connectivity index (χ1v) is 6.96. The molecule has 1 aromatic carbocycles. The first-order chi connectivity index (χ1) is 9.04. The van der Waals surface area contributed by atoms with E-state index in [-0.39, 0.29) is 5.75 Å². The van der Waals surface area contributed by atoms with Crippen LogP contribution in [0.5, 0.6) is 5.75 Å². The number of rotatable bonds is 4. The van der Waals surface area contributed by atoms with Crippen molar-refractivity contribution in [2.24, 2.45) is 5.92 Å². The Morgan fingerprint density at radius 2 is 1.79 bits per heavy atom. The fraction of sp³-hybridized carbons (Fsp3) is 0.600. The lowest BCUT2D eigenvalue weighted by atomic mass is 10.1. The van der Waals surface area contributed by atoms with Crippen molar-refractivity contribution in [2.75, 3.05) is 32.7 Å². The number of aromatic hydroxyl groups is 1. The quantitative estimate of drug-likeness (QED) is 0.906. The molecule has 0 spiro atoms. The summed E-state index contributed by atoms with van der Waals surface area (Å²) in [7, 11) is 0. The van der Waals surface area contributed by atoms with Crippen molar-refractivity contribution in [3.05, 3.63) is 29.6 Å². The zero-order valence-corrected chi connectivity index (χ0v) is 11.8. The average Bonchev–Trinajstić information content (AvgIpc) is 2.36. The Morgan fingerprint density at radius 1 is 1.16 bits per heavy atom. The van der Waals surface area contributed by atoms with E-state index in [2.05, 4.69) is 23.6 Å². The van der Waals surface area contributed by atoms with E-state index in [0.29, 0.717) is 5.92 Å². The zero-order valence-electron chi connectivity index (χ0n) is 11.8.